The Bertz CT molecular complexity index is 1210. The lowest BCUT2D eigenvalue weighted by Gasteiger charge is -2.23. The van der Waals surface area contributed by atoms with Crippen LogP contribution in [0.2, 0.25) is 5.02 Å². The van der Waals surface area contributed by atoms with Crippen LogP contribution in [-0.2, 0) is 6.54 Å². The highest BCUT2D eigenvalue weighted by Gasteiger charge is 2.27. The first-order valence-corrected chi connectivity index (χ1v) is 11.1. The lowest BCUT2D eigenvalue weighted by Crippen LogP contribution is -2.41. The summed E-state index contributed by atoms with van der Waals surface area (Å²) in [6.07, 6.45) is 2.98. The zero-order valence-electron chi connectivity index (χ0n) is 18.2. The predicted molar refractivity (Wildman–Crippen MR) is 126 cm³/mol. The number of hydrogen-bond acceptors (Lipinski definition) is 5. The van der Waals surface area contributed by atoms with Crippen LogP contribution in [0.5, 0.6) is 0 Å². The van der Waals surface area contributed by atoms with Crippen LogP contribution >= 0.6 is 11.6 Å². The summed E-state index contributed by atoms with van der Waals surface area (Å²) >= 11 is 6.24. The van der Waals surface area contributed by atoms with Gasteiger partial charge in [0.05, 0.1) is 5.02 Å². The Morgan fingerprint density at radius 1 is 1.12 bits per heavy atom. The molecule has 0 saturated carbocycles. The minimum absolute atomic E-state index is 0.0328. The van der Waals surface area contributed by atoms with Crippen LogP contribution in [-0.4, -0.2) is 22.0 Å². The Kier molecular flexibility index (Phi) is 7.58. The second-order valence-corrected chi connectivity index (χ2v) is 7.86. The maximum Gasteiger partial charge on any atom is 0.330 e. The van der Waals surface area contributed by atoms with Gasteiger partial charge in [-0.05, 0) is 37.1 Å². The Morgan fingerprint density at radius 3 is 2.53 bits per heavy atom. The molecule has 8 nitrogen and oxygen atoms in total. The third-order valence-electron chi connectivity index (χ3n) is 5.16. The van der Waals surface area contributed by atoms with Crippen molar-refractivity contribution in [3.8, 4) is 11.3 Å². The van der Waals surface area contributed by atoms with Crippen molar-refractivity contribution >= 4 is 29.0 Å². The molecule has 0 fully saturated rings. The number of benzene rings is 1. The Balaban J connectivity index is 2.05. The number of nitrogen functional groups attached to an aromatic ring is 1. The van der Waals surface area contributed by atoms with Crippen molar-refractivity contribution in [3.63, 3.8) is 0 Å². The number of carbonyl (C=O) groups is 1. The van der Waals surface area contributed by atoms with Gasteiger partial charge < -0.3 is 10.2 Å². The number of H-pyrrole nitrogens is 1. The van der Waals surface area contributed by atoms with Crippen molar-refractivity contribution in [2.45, 2.75) is 46.1 Å². The molecule has 3 N–H and O–H groups in total. The van der Waals surface area contributed by atoms with Crippen LogP contribution in [0.4, 0.5) is 11.5 Å². The fourth-order valence-corrected chi connectivity index (χ4v) is 3.63. The predicted octanol–water partition coefficient (Wildman–Crippen LogP) is 4.28. The molecule has 32 heavy (non-hydrogen) atoms. The van der Waals surface area contributed by atoms with E-state index in [0.717, 1.165) is 12.8 Å². The Hall–Kier alpha value is -3.26. The average Bonchev–Trinajstić information content (AvgIpc) is 3.25. The zero-order chi connectivity index (χ0) is 23.3. The summed E-state index contributed by atoms with van der Waals surface area (Å²) in [6.45, 7) is 4.55. The van der Waals surface area contributed by atoms with Gasteiger partial charge in [-0.2, -0.15) is 0 Å². The van der Waals surface area contributed by atoms with Crippen LogP contribution in [0.1, 0.15) is 50.1 Å². The number of hydrogen-bond donors (Lipinski definition) is 2. The largest absolute Gasteiger partial charge is 0.451 e. The number of amides is 1. The number of unbranched alkanes of at least 4 members (excludes halogenated alkanes) is 2. The van der Waals surface area contributed by atoms with Gasteiger partial charge in [-0.25, -0.2) is 4.79 Å². The summed E-state index contributed by atoms with van der Waals surface area (Å²) in [4.78, 5) is 42.0. The van der Waals surface area contributed by atoms with Gasteiger partial charge in [0.2, 0.25) is 0 Å². The smallest absolute Gasteiger partial charge is 0.330 e. The molecule has 0 aliphatic carbocycles. The second kappa shape index (κ2) is 10.4. The minimum atomic E-state index is -0.706. The first-order valence-electron chi connectivity index (χ1n) is 10.7. The van der Waals surface area contributed by atoms with Gasteiger partial charge >= 0.3 is 5.69 Å². The van der Waals surface area contributed by atoms with Crippen molar-refractivity contribution in [1.29, 1.82) is 0 Å². The summed E-state index contributed by atoms with van der Waals surface area (Å²) < 4.78 is 7.09. The molecule has 0 saturated heterocycles. The molecule has 3 rings (SSSR count). The topological polar surface area (TPSA) is 114 Å². The molecule has 0 radical (unpaired) electrons. The molecule has 170 valence electrons. The number of carbonyl (C=O) groups excluding carboxylic acids is 1. The third-order valence-corrected chi connectivity index (χ3v) is 5.49. The van der Waals surface area contributed by atoms with E-state index in [9.17, 15) is 14.4 Å². The first-order chi connectivity index (χ1) is 15.4. The molecule has 0 atom stereocenters. The van der Waals surface area contributed by atoms with Crippen molar-refractivity contribution in [2.24, 2.45) is 0 Å². The van der Waals surface area contributed by atoms with Gasteiger partial charge in [0.1, 0.15) is 11.6 Å². The lowest BCUT2D eigenvalue weighted by molar-refractivity contribution is 0.0960. The summed E-state index contributed by atoms with van der Waals surface area (Å²) in [5.41, 5.74) is 5.54. The molecule has 0 spiro atoms. The monoisotopic (exact) mass is 458 g/mol. The number of aromatic amines is 1. The normalized spacial score (nSPS) is 11.0. The number of nitrogens with one attached hydrogen (secondary N) is 1. The highest BCUT2D eigenvalue weighted by atomic mass is 35.5. The summed E-state index contributed by atoms with van der Waals surface area (Å²) in [7, 11) is 0. The van der Waals surface area contributed by atoms with E-state index in [2.05, 4.69) is 4.98 Å². The van der Waals surface area contributed by atoms with E-state index in [-0.39, 0.29) is 23.8 Å². The number of nitrogens with two attached hydrogens (primary N) is 1. The Labute approximate surface area is 190 Å². The fraction of sp³-hybridized carbons (Fsp3) is 0.348. The number of aromatic nitrogens is 2. The SMILES string of the molecule is CCCCN(C(=O)c1ccc(-c2ccccc2Cl)o1)c1c(N)n(CCCC)c(=O)[nH]c1=O. The number of anilines is 2. The van der Waals surface area contributed by atoms with Crippen LogP contribution < -0.4 is 21.9 Å². The molecule has 0 aliphatic rings. The number of rotatable bonds is 9. The zero-order valence-corrected chi connectivity index (χ0v) is 18.9. The number of nitrogens with zero attached hydrogens (tertiary/aromatic N) is 2. The highest BCUT2D eigenvalue weighted by molar-refractivity contribution is 6.33. The van der Waals surface area contributed by atoms with Crippen LogP contribution in [0, 0.1) is 0 Å². The van der Waals surface area contributed by atoms with E-state index in [1.807, 2.05) is 19.9 Å². The van der Waals surface area contributed by atoms with Gasteiger partial charge in [-0.15, -0.1) is 0 Å². The van der Waals surface area contributed by atoms with Gasteiger partial charge in [0.15, 0.2) is 11.4 Å². The maximum atomic E-state index is 13.4. The third kappa shape index (κ3) is 4.80. The van der Waals surface area contributed by atoms with Crippen molar-refractivity contribution < 1.29 is 9.21 Å². The van der Waals surface area contributed by atoms with E-state index in [1.165, 1.54) is 15.5 Å². The van der Waals surface area contributed by atoms with E-state index < -0.39 is 17.2 Å². The van der Waals surface area contributed by atoms with Crippen molar-refractivity contribution in [1.82, 2.24) is 9.55 Å². The minimum Gasteiger partial charge on any atom is -0.451 e. The molecule has 2 heterocycles. The molecule has 0 unspecified atom stereocenters. The lowest BCUT2D eigenvalue weighted by atomic mass is 10.2. The molecular formula is C23H27ClN4O4. The summed E-state index contributed by atoms with van der Waals surface area (Å²) in [5, 5.41) is 0.493. The molecule has 1 amide bonds. The highest BCUT2D eigenvalue weighted by Crippen LogP contribution is 2.30. The summed E-state index contributed by atoms with van der Waals surface area (Å²) in [6, 6.07) is 10.3. The van der Waals surface area contributed by atoms with E-state index in [0.29, 0.717) is 35.7 Å². The van der Waals surface area contributed by atoms with Gasteiger partial charge in [0.25, 0.3) is 11.5 Å². The van der Waals surface area contributed by atoms with Crippen LogP contribution in [0.15, 0.2) is 50.4 Å². The molecule has 1 aromatic carbocycles. The van der Waals surface area contributed by atoms with Crippen molar-refractivity contribution in [2.75, 3.05) is 17.2 Å². The molecule has 0 aliphatic heterocycles. The quantitative estimate of drug-likeness (QED) is 0.496. The van der Waals surface area contributed by atoms with Crippen LogP contribution in [0.3, 0.4) is 0 Å². The van der Waals surface area contributed by atoms with Gasteiger partial charge in [-0.3, -0.25) is 24.0 Å². The average molecular weight is 459 g/mol. The van der Waals surface area contributed by atoms with Crippen molar-refractivity contribution in [3.05, 3.63) is 68.0 Å². The molecule has 9 heteroatoms. The molecule has 0 bridgehead atoms. The molecule has 2 aromatic heterocycles. The first kappa shape index (κ1) is 23.4. The number of furan rings is 1. The number of halogens is 1. The second-order valence-electron chi connectivity index (χ2n) is 7.45. The van der Waals surface area contributed by atoms with E-state index >= 15 is 0 Å². The van der Waals surface area contributed by atoms with E-state index in [4.69, 9.17) is 21.8 Å². The Morgan fingerprint density at radius 2 is 1.84 bits per heavy atom. The maximum absolute atomic E-state index is 13.4. The fourth-order valence-electron chi connectivity index (χ4n) is 3.40. The molecule has 3 aromatic rings. The van der Waals surface area contributed by atoms with Crippen LogP contribution in [0.25, 0.3) is 11.3 Å². The molecular weight excluding hydrogens is 432 g/mol. The standard InChI is InChI=1S/C23H27ClN4O4/c1-3-5-13-27(19-20(25)28(14-6-4-2)23(31)26-21(19)29)22(30)18-12-11-17(32-18)15-9-7-8-10-16(15)24/h7-12H,3-6,13-14,25H2,1-2H3,(H,26,29,31). The summed E-state index contributed by atoms with van der Waals surface area (Å²) in [5.74, 6) is -0.0745. The van der Waals surface area contributed by atoms with Gasteiger partial charge in [0, 0.05) is 18.7 Å². The van der Waals surface area contributed by atoms with Gasteiger partial charge in [-0.1, -0.05) is 50.4 Å². The van der Waals surface area contributed by atoms with E-state index in [1.54, 1.807) is 24.3 Å².